The summed E-state index contributed by atoms with van der Waals surface area (Å²) in [6.07, 6.45) is 6.36. The average molecular weight is 614 g/mol. The summed E-state index contributed by atoms with van der Waals surface area (Å²) in [5.74, 6) is 1.86. The van der Waals surface area contributed by atoms with Gasteiger partial charge >= 0.3 is 0 Å². The molecule has 0 N–H and O–H groups in total. The van der Waals surface area contributed by atoms with Crippen LogP contribution in [0.4, 0.5) is 0 Å². The lowest BCUT2D eigenvalue weighted by Crippen LogP contribution is -2.16. The quantitative estimate of drug-likeness (QED) is 0.155. The number of hydrogen-bond acceptors (Lipinski definition) is 5. The van der Waals surface area contributed by atoms with Crippen molar-refractivity contribution in [2.24, 2.45) is 0 Å². The summed E-state index contributed by atoms with van der Waals surface area (Å²) in [7, 11) is 4.83. The lowest BCUT2D eigenvalue weighted by atomic mass is 10.0. The van der Waals surface area contributed by atoms with Gasteiger partial charge < -0.3 is 18.6 Å². The fourth-order valence-electron chi connectivity index (χ4n) is 4.61. The number of carbonyl (C=O) groups excluding carboxylic acids is 1. The van der Waals surface area contributed by atoms with Crippen molar-refractivity contribution >= 4 is 39.1 Å². The second-order valence-corrected chi connectivity index (χ2v) is 10.4. The highest BCUT2D eigenvalue weighted by molar-refractivity contribution is 9.10. The van der Waals surface area contributed by atoms with E-state index in [0.29, 0.717) is 29.4 Å². The van der Waals surface area contributed by atoms with Crippen molar-refractivity contribution in [2.75, 3.05) is 21.3 Å². The maximum atomic E-state index is 12.6. The summed E-state index contributed by atoms with van der Waals surface area (Å²) in [5, 5.41) is 4.93. The fraction of sp³-hybridized carbons (Fsp3) is 0.333. The molecule has 4 aromatic rings. The van der Waals surface area contributed by atoms with E-state index in [2.05, 4.69) is 25.6 Å². The van der Waals surface area contributed by atoms with Crippen LogP contribution in [-0.4, -0.2) is 36.6 Å². The van der Waals surface area contributed by atoms with Crippen LogP contribution in [0, 0.1) is 0 Å². The number of nitrogens with zero attached hydrogens (tertiary/aromatic N) is 3. The van der Waals surface area contributed by atoms with Crippen LogP contribution >= 0.6 is 27.5 Å². The molecule has 1 amide bonds. The number of halogens is 2. The van der Waals surface area contributed by atoms with Crippen molar-refractivity contribution in [2.45, 2.75) is 45.1 Å². The van der Waals surface area contributed by atoms with Crippen molar-refractivity contribution in [3.8, 4) is 17.2 Å². The molecule has 0 aliphatic rings. The van der Waals surface area contributed by atoms with Crippen molar-refractivity contribution < 1.29 is 19.0 Å². The highest BCUT2D eigenvalue weighted by Gasteiger charge is 2.17. The SMILES string of the molecule is COc1ccc(Br)cc1Cc1c(C[N]C(=O)CCCCCc2ccc(OC)c(OC)c2Cl)nc2ccccn12. The normalized spacial score (nSPS) is 11.0. The van der Waals surface area contributed by atoms with Gasteiger partial charge in [0.05, 0.1) is 44.3 Å². The first-order chi connectivity index (χ1) is 18.9. The van der Waals surface area contributed by atoms with Gasteiger partial charge in [-0.05, 0) is 61.2 Å². The van der Waals surface area contributed by atoms with Gasteiger partial charge in [0.25, 0.3) is 0 Å². The molecule has 2 heterocycles. The number of unbranched alkanes of at least 4 members (excludes halogenated alkanes) is 2. The van der Waals surface area contributed by atoms with E-state index < -0.39 is 0 Å². The summed E-state index contributed by atoms with van der Waals surface area (Å²) in [6.45, 7) is 0.243. The van der Waals surface area contributed by atoms with E-state index in [9.17, 15) is 4.79 Å². The Balaban J connectivity index is 1.32. The smallest absolute Gasteiger partial charge is 0.241 e. The van der Waals surface area contributed by atoms with E-state index in [0.717, 1.165) is 64.1 Å². The first-order valence-electron chi connectivity index (χ1n) is 12.8. The predicted octanol–water partition coefficient (Wildman–Crippen LogP) is 6.80. The molecule has 0 fully saturated rings. The Kier molecular flexibility index (Phi) is 10.1. The maximum absolute atomic E-state index is 12.6. The van der Waals surface area contributed by atoms with Crippen molar-refractivity contribution in [1.29, 1.82) is 0 Å². The summed E-state index contributed by atoms with van der Waals surface area (Å²) in [5.41, 5.74) is 4.64. The second-order valence-electron chi connectivity index (χ2n) is 9.11. The van der Waals surface area contributed by atoms with Gasteiger partial charge in [-0.15, -0.1) is 0 Å². The van der Waals surface area contributed by atoms with Crippen LogP contribution in [0.25, 0.3) is 5.65 Å². The molecule has 39 heavy (non-hydrogen) atoms. The van der Waals surface area contributed by atoms with Crippen LogP contribution in [0.2, 0.25) is 5.02 Å². The second kappa shape index (κ2) is 13.7. The third-order valence-corrected chi connectivity index (χ3v) is 7.53. The molecule has 205 valence electrons. The van der Waals surface area contributed by atoms with E-state index in [1.165, 1.54) is 0 Å². The average Bonchev–Trinajstić information content (AvgIpc) is 3.29. The number of fused-ring (bicyclic) bond motifs is 1. The van der Waals surface area contributed by atoms with E-state index in [1.54, 1.807) is 21.3 Å². The number of carbonyl (C=O) groups is 1. The summed E-state index contributed by atoms with van der Waals surface area (Å²) >= 11 is 10.0. The molecule has 0 bridgehead atoms. The van der Waals surface area contributed by atoms with Gasteiger partial charge in [-0.3, -0.25) is 4.79 Å². The van der Waals surface area contributed by atoms with Gasteiger partial charge in [0.2, 0.25) is 5.91 Å². The van der Waals surface area contributed by atoms with Gasteiger partial charge in [-0.2, -0.15) is 0 Å². The molecule has 2 aromatic heterocycles. The number of rotatable bonds is 13. The number of hydrogen-bond donors (Lipinski definition) is 0. The van der Waals surface area contributed by atoms with Crippen molar-refractivity contribution in [1.82, 2.24) is 14.7 Å². The number of ether oxygens (including phenoxy) is 3. The topological polar surface area (TPSA) is 76.2 Å². The first-order valence-corrected chi connectivity index (χ1v) is 14.0. The molecule has 0 saturated heterocycles. The molecule has 7 nitrogen and oxygen atoms in total. The van der Waals surface area contributed by atoms with Crippen LogP contribution in [0.1, 0.15) is 48.2 Å². The Bertz CT molecular complexity index is 1440. The van der Waals surface area contributed by atoms with E-state index in [4.69, 9.17) is 30.8 Å². The predicted molar refractivity (Wildman–Crippen MR) is 156 cm³/mol. The highest BCUT2D eigenvalue weighted by atomic mass is 79.9. The van der Waals surface area contributed by atoms with Gasteiger partial charge in [0, 0.05) is 29.1 Å². The van der Waals surface area contributed by atoms with E-state index in [1.807, 2.05) is 54.7 Å². The molecule has 0 aliphatic heterocycles. The van der Waals surface area contributed by atoms with Gasteiger partial charge in [-0.1, -0.05) is 46.1 Å². The molecule has 1 radical (unpaired) electrons. The number of aryl methyl sites for hydroxylation is 1. The van der Waals surface area contributed by atoms with Crippen molar-refractivity contribution in [3.05, 3.63) is 86.7 Å². The highest BCUT2D eigenvalue weighted by Crippen LogP contribution is 2.37. The molecule has 4 rings (SSSR count). The zero-order valence-electron chi connectivity index (χ0n) is 22.4. The molecule has 0 saturated carbocycles. The fourth-order valence-corrected chi connectivity index (χ4v) is 5.34. The lowest BCUT2D eigenvalue weighted by Gasteiger charge is -2.12. The number of imidazole rings is 1. The van der Waals surface area contributed by atoms with Crippen molar-refractivity contribution in [3.63, 3.8) is 0 Å². The number of amides is 1. The monoisotopic (exact) mass is 612 g/mol. The first kappa shape index (κ1) is 28.8. The summed E-state index contributed by atoms with van der Waals surface area (Å²) in [4.78, 5) is 17.4. The molecular formula is C30H32BrClN3O4. The zero-order valence-corrected chi connectivity index (χ0v) is 24.7. The Morgan fingerprint density at radius 3 is 2.54 bits per heavy atom. The van der Waals surface area contributed by atoms with Crippen LogP contribution in [0.5, 0.6) is 17.2 Å². The van der Waals surface area contributed by atoms with Gasteiger partial charge in [0.15, 0.2) is 11.5 Å². The van der Waals surface area contributed by atoms with E-state index in [-0.39, 0.29) is 12.5 Å². The number of pyridine rings is 1. The minimum absolute atomic E-state index is 0.109. The number of aromatic nitrogens is 2. The summed E-state index contributed by atoms with van der Waals surface area (Å²) in [6, 6.07) is 15.6. The molecule has 0 atom stereocenters. The molecule has 0 spiro atoms. The van der Waals surface area contributed by atoms with Gasteiger partial charge in [-0.25, -0.2) is 10.3 Å². The molecule has 9 heteroatoms. The minimum Gasteiger partial charge on any atom is -0.496 e. The Hall–Kier alpha value is -3.23. The summed E-state index contributed by atoms with van der Waals surface area (Å²) < 4.78 is 19.3. The molecule has 0 aliphatic carbocycles. The van der Waals surface area contributed by atoms with E-state index >= 15 is 0 Å². The maximum Gasteiger partial charge on any atom is 0.241 e. The Morgan fingerprint density at radius 2 is 1.77 bits per heavy atom. The van der Waals surface area contributed by atoms with Crippen LogP contribution in [-0.2, 0) is 24.2 Å². The lowest BCUT2D eigenvalue weighted by molar-refractivity contribution is -0.121. The Labute approximate surface area is 242 Å². The largest absolute Gasteiger partial charge is 0.496 e. The standard InChI is InChI=1S/C30H32BrClN3O4/c1-37-25-15-13-22(31)17-21(25)18-24-23(34-27-10-7-8-16-35(24)27)19-33-28(36)11-6-4-5-9-20-12-14-26(38-2)30(39-3)29(20)32/h7-8,10,12-17H,4-6,9,11,18-19H2,1-3H3. The molecule has 2 aromatic carbocycles. The van der Waals surface area contributed by atoms with Gasteiger partial charge in [0.1, 0.15) is 11.4 Å². The zero-order chi connectivity index (χ0) is 27.8. The molecular weight excluding hydrogens is 582 g/mol. The van der Waals surface area contributed by atoms with Crippen LogP contribution in [0.3, 0.4) is 0 Å². The minimum atomic E-state index is -0.109. The molecule has 0 unspecified atom stereocenters. The number of methoxy groups -OCH3 is 3. The third-order valence-electron chi connectivity index (χ3n) is 6.62. The number of benzene rings is 2. The Morgan fingerprint density at radius 1 is 0.974 bits per heavy atom. The van der Waals surface area contributed by atoms with Crippen LogP contribution in [0.15, 0.2) is 59.2 Å². The third kappa shape index (κ3) is 7.05. The van der Waals surface area contributed by atoms with Crippen LogP contribution < -0.4 is 19.5 Å².